The maximum Gasteiger partial charge on any atom is 0.237 e. The molecule has 19 heavy (non-hydrogen) atoms. The van der Waals surface area contributed by atoms with Crippen LogP contribution in [0.5, 0.6) is 0 Å². The highest BCUT2D eigenvalue weighted by molar-refractivity contribution is 5.81. The number of carbonyl (C=O) groups excluding carboxylic acids is 1. The van der Waals surface area contributed by atoms with Crippen molar-refractivity contribution >= 4 is 5.91 Å². The number of carbonyl (C=O) groups is 1. The Morgan fingerprint density at radius 1 is 1.37 bits per heavy atom. The van der Waals surface area contributed by atoms with E-state index in [1.165, 1.54) is 0 Å². The summed E-state index contributed by atoms with van der Waals surface area (Å²) in [7, 11) is 1.77. The molecule has 2 aromatic rings. The molecule has 0 saturated carbocycles. The van der Waals surface area contributed by atoms with E-state index < -0.39 is 0 Å². The standard InChI is InChI=1S/C14H18N4O/c1-11(15-2)14(19)16-10-12-6-3-4-7-13(12)18-9-5-8-17-18/h3-9,11,15H,10H2,1-2H3,(H,16,19). The van der Waals surface area contributed by atoms with Crippen molar-refractivity contribution in [2.45, 2.75) is 19.5 Å². The number of benzene rings is 1. The largest absolute Gasteiger partial charge is 0.351 e. The van der Waals surface area contributed by atoms with Crippen molar-refractivity contribution in [2.24, 2.45) is 0 Å². The molecule has 1 aromatic carbocycles. The van der Waals surface area contributed by atoms with E-state index in [9.17, 15) is 4.79 Å². The minimum Gasteiger partial charge on any atom is -0.351 e. The van der Waals surface area contributed by atoms with Gasteiger partial charge in [-0.25, -0.2) is 4.68 Å². The van der Waals surface area contributed by atoms with Crippen LogP contribution in [0.25, 0.3) is 5.69 Å². The van der Waals surface area contributed by atoms with Gasteiger partial charge < -0.3 is 10.6 Å². The summed E-state index contributed by atoms with van der Waals surface area (Å²) in [5.74, 6) is -0.0160. The lowest BCUT2D eigenvalue weighted by Gasteiger charge is -2.13. The van der Waals surface area contributed by atoms with Crippen LogP contribution in [0.15, 0.2) is 42.7 Å². The van der Waals surface area contributed by atoms with Crippen molar-refractivity contribution in [3.63, 3.8) is 0 Å². The van der Waals surface area contributed by atoms with Gasteiger partial charge in [0.2, 0.25) is 5.91 Å². The lowest BCUT2D eigenvalue weighted by atomic mass is 10.1. The van der Waals surface area contributed by atoms with E-state index in [1.807, 2.05) is 43.5 Å². The maximum atomic E-state index is 11.7. The molecular weight excluding hydrogens is 240 g/mol. The first kappa shape index (κ1) is 13.3. The van der Waals surface area contributed by atoms with Gasteiger partial charge in [-0.15, -0.1) is 0 Å². The molecule has 1 atom stereocenters. The van der Waals surface area contributed by atoms with Gasteiger partial charge >= 0.3 is 0 Å². The molecule has 0 aliphatic rings. The topological polar surface area (TPSA) is 59.0 Å². The average Bonchev–Trinajstić information content (AvgIpc) is 2.98. The van der Waals surface area contributed by atoms with E-state index in [0.29, 0.717) is 6.54 Å². The summed E-state index contributed by atoms with van der Waals surface area (Å²) in [5.41, 5.74) is 2.01. The Balaban J connectivity index is 2.11. The zero-order chi connectivity index (χ0) is 13.7. The molecule has 1 amide bonds. The summed E-state index contributed by atoms with van der Waals surface area (Å²) >= 11 is 0. The van der Waals surface area contributed by atoms with E-state index in [-0.39, 0.29) is 11.9 Å². The first-order chi connectivity index (χ1) is 9.22. The Bertz CT molecular complexity index is 536. The van der Waals surface area contributed by atoms with Crippen LogP contribution >= 0.6 is 0 Å². The van der Waals surface area contributed by atoms with E-state index in [4.69, 9.17) is 0 Å². The lowest BCUT2D eigenvalue weighted by Crippen LogP contribution is -2.40. The fraction of sp³-hybridized carbons (Fsp3) is 0.286. The monoisotopic (exact) mass is 258 g/mol. The smallest absolute Gasteiger partial charge is 0.237 e. The Morgan fingerprint density at radius 3 is 2.84 bits per heavy atom. The van der Waals surface area contributed by atoms with Gasteiger partial charge in [-0.2, -0.15) is 5.10 Å². The molecule has 0 aliphatic heterocycles. The number of hydrogen-bond donors (Lipinski definition) is 2. The van der Waals surface area contributed by atoms with Gasteiger partial charge in [0.25, 0.3) is 0 Å². The second-order valence-electron chi connectivity index (χ2n) is 4.31. The third-order valence-electron chi connectivity index (χ3n) is 3.02. The lowest BCUT2D eigenvalue weighted by molar-refractivity contribution is -0.122. The molecule has 5 nitrogen and oxygen atoms in total. The summed E-state index contributed by atoms with van der Waals surface area (Å²) in [6.07, 6.45) is 3.62. The van der Waals surface area contributed by atoms with Crippen LogP contribution in [0.2, 0.25) is 0 Å². The van der Waals surface area contributed by atoms with Gasteiger partial charge in [-0.05, 0) is 31.7 Å². The molecule has 0 spiro atoms. The summed E-state index contributed by atoms with van der Waals surface area (Å²) in [6.45, 7) is 2.32. The predicted molar refractivity (Wildman–Crippen MR) is 73.9 cm³/mol. The number of aromatic nitrogens is 2. The number of nitrogens with one attached hydrogen (secondary N) is 2. The molecule has 1 unspecified atom stereocenters. The molecule has 0 saturated heterocycles. The van der Waals surface area contributed by atoms with Crippen molar-refractivity contribution < 1.29 is 4.79 Å². The maximum absolute atomic E-state index is 11.7. The molecular formula is C14H18N4O. The summed E-state index contributed by atoms with van der Waals surface area (Å²) < 4.78 is 1.79. The van der Waals surface area contributed by atoms with Gasteiger partial charge in [0.1, 0.15) is 0 Å². The SMILES string of the molecule is CNC(C)C(=O)NCc1ccccc1-n1cccn1. The summed E-state index contributed by atoms with van der Waals surface area (Å²) in [6, 6.07) is 9.56. The number of nitrogens with zero attached hydrogens (tertiary/aromatic N) is 2. The molecule has 100 valence electrons. The molecule has 2 N–H and O–H groups in total. The van der Waals surface area contributed by atoms with Crippen LogP contribution < -0.4 is 10.6 Å². The van der Waals surface area contributed by atoms with E-state index in [0.717, 1.165) is 11.3 Å². The zero-order valence-corrected chi connectivity index (χ0v) is 11.1. The Hall–Kier alpha value is -2.14. The van der Waals surface area contributed by atoms with E-state index in [2.05, 4.69) is 15.7 Å². The highest BCUT2D eigenvalue weighted by Crippen LogP contribution is 2.13. The Labute approximate surface area is 112 Å². The highest BCUT2D eigenvalue weighted by atomic mass is 16.2. The molecule has 1 aromatic heterocycles. The molecule has 0 aliphatic carbocycles. The van der Waals surface area contributed by atoms with Crippen molar-refractivity contribution in [1.29, 1.82) is 0 Å². The van der Waals surface area contributed by atoms with Crippen LogP contribution in [-0.4, -0.2) is 28.8 Å². The summed E-state index contributed by atoms with van der Waals surface area (Å²) in [4.78, 5) is 11.7. The van der Waals surface area contributed by atoms with E-state index >= 15 is 0 Å². The molecule has 1 heterocycles. The van der Waals surface area contributed by atoms with Crippen molar-refractivity contribution in [1.82, 2.24) is 20.4 Å². The second-order valence-corrected chi connectivity index (χ2v) is 4.31. The number of hydrogen-bond acceptors (Lipinski definition) is 3. The van der Waals surface area contributed by atoms with Crippen LogP contribution in [-0.2, 0) is 11.3 Å². The fourth-order valence-electron chi connectivity index (χ4n) is 1.76. The molecule has 2 rings (SSSR count). The van der Waals surface area contributed by atoms with Crippen molar-refractivity contribution in [3.05, 3.63) is 48.3 Å². The third kappa shape index (κ3) is 3.20. The average molecular weight is 258 g/mol. The van der Waals surface area contributed by atoms with Crippen LogP contribution in [0.1, 0.15) is 12.5 Å². The van der Waals surface area contributed by atoms with Gasteiger partial charge in [-0.3, -0.25) is 4.79 Å². The quantitative estimate of drug-likeness (QED) is 0.844. The Morgan fingerprint density at radius 2 is 2.16 bits per heavy atom. The number of likely N-dealkylation sites (N-methyl/N-ethyl adjacent to an activating group) is 1. The summed E-state index contributed by atoms with van der Waals surface area (Å²) in [5, 5.41) is 10.0. The molecule has 5 heteroatoms. The molecule has 0 bridgehead atoms. The minimum atomic E-state index is -0.197. The van der Waals surface area contributed by atoms with Gasteiger partial charge in [-0.1, -0.05) is 18.2 Å². The number of amides is 1. The predicted octanol–water partition coefficient (Wildman–Crippen LogP) is 1.10. The normalized spacial score (nSPS) is 12.1. The first-order valence-corrected chi connectivity index (χ1v) is 6.25. The minimum absolute atomic E-state index is 0.0160. The van der Waals surface area contributed by atoms with Crippen LogP contribution in [0.3, 0.4) is 0 Å². The Kier molecular flexibility index (Phi) is 4.30. The van der Waals surface area contributed by atoms with Gasteiger partial charge in [0.15, 0.2) is 0 Å². The third-order valence-corrected chi connectivity index (χ3v) is 3.02. The molecule has 0 fully saturated rings. The number of para-hydroxylation sites is 1. The number of rotatable bonds is 5. The van der Waals surface area contributed by atoms with Crippen LogP contribution in [0.4, 0.5) is 0 Å². The van der Waals surface area contributed by atoms with Crippen molar-refractivity contribution in [2.75, 3.05) is 7.05 Å². The highest BCUT2D eigenvalue weighted by Gasteiger charge is 2.10. The van der Waals surface area contributed by atoms with Gasteiger partial charge in [0, 0.05) is 18.9 Å². The first-order valence-electron chi connectivity index (χ1n) is 6.25. The van der Waals surface area contributed by atoms with E-state index in [1.54, 1.807) is 17.9 Å². The van der Waals surface area contributed by atoms with Gasteiger partial charge in [0.05, 0.1) is 11.7 Å². The second kappa shape index (κ2) is 6.15. The fourth-order valence-corrected chi connectivity index (χ4v) is 1.76. The zero-order valence-electron chi connectivity index (χ0n) is 11.1. The van der Waals surface area contributed by atoms with Crippen molar-refractivity contribution in [3.8, 4) is 5.69 Å². The van der Waals surface area contributed by atoms with Crippen LogP contribution in [0, 0.1) is 0 Å². The molecule has 0 radical (unpaired) electrons.